The Morgan fingerprint density at radius 2 is 2.10 bits per heavy atom. The van der Waals surface area contributed by atoms with E-state index in [1.807, 2.05) is 36.5 Å². The molecule has 3 aromatic rings. The standard InChI is InChI=1S/C15H14N4O2/c1-2-4-13(5-3-1)19-9-12(8-16-19)15-17-14(18-21-15)11-6-7-20-10-11/h1-5,8-9,11H,6-7,10H2/t11-/m0/s1. The van der Waals surface area contributed by atoms with Crippen molar-refractivity contribution in [1.82, 2.24) is 19.9 Å². The van der Waals surface area contributed by atoms with E-state index >= 15 is 0 Å². The van der Waals surface area contributed by atoms with Crippen LogP contribution in [0.1, 0.15) is 18.2 Å². The highest BCUT2D eigenvalue weighted by atomic mass is 16.5. The van der Waals surface area contributed by atoms with Crippen molar-refractivity contribution in [2.24, 2.45) is 0 Å². The fourth-order valence-electron chi connectivity index (χ4n) is 2.41. The zero-order chi connectivity index (χ0) is 14.1. The maximum Gasteiger partial charge on any atom is 0.261 e. The van der Waals surface area contributed by atoms with E-state index in [1.165, 1.54) is 0 Å². The lowest BCUT2D eigenvalue weighted by Crippen LogP contribution is -1.99. The zero-order valence-electron chi connectivity index (χ0n) is 11.3. The van der Waals surface area contributed by atoms with Gasteiger partial charge in [0.1, 0.15) is 0 Å². The molecule has 0 aliphatic carbocycles. The van der Waals surface area contributed by atoms with E-state index < -0.39 is 0 Å². The van der Waals surface area contributed by atoms with Gasteiger partial charge in [-0.2, -0.15) is 10.1 Å². The van der Waals surface area contributed by atoms with E-state index in [1.54, 1.807) is 10.9 Å². The smallest absolute Gasteiger partial charge is 0.261 e. The van der Waals surface area contributed by atoms with E-state index in [4.69, 9.17) is 9.26 Å². The predicted molar refractivity (Wildman–Crippen MR) is 75.0 cm³/mol. The molecule has 0 radical (unpaired) electrons. The van der Waals surface area contributed by atoms with Gasteiger partial charge in [0.2, 0.25) is 0 Å². The molecule has 4 rings (SSSR count). The van der Waals surface area contributed by atoms with Gasteiger partial charge in [0.05, 0.1) is 24.1 Å². The van der Waals surface area contributed by atoms with Crippen LogP contribution < -0.4 is 0 Å². The van der Waals surface area contributed by atoms with E-state index in [-0.39, 0.29) is 5.92 Å². The lowest BCUT2D eigenvalue weighted by Gasteiger charge is -1.98. The Morgan fingerprint density at radius 3 is 2.90 bits per heavy atom. The molecule has 0 saturated carbocycles. The average Bonchev–Trinajstić information content (AvgIpc) is 3.27. The van der Waals surface area contributed by atoms with Crippen LogP contribution in [0.3, 0.4) is 0 Å². The van der Waals surface area contributed by atoms with Crippen LogP contribution in [-0.2, 0) is 4.74 Å². The Balaban J connectivity index is 1.61. The molecule has 0 N–H and O–H groups in total. The molecule has 0 bridgehead atoms. The maximum absolute atomic E-state index is 5.35. The predicted octanol–water partition coefficient (Wildman–Crippen LogP) is 2.43. The Bertz CT molecular complexity index is 729. The quantitative estimate of drug-likeness (QED) is 0.738. The molecule has 6 nitrogen and oxygen atoms in total. The third kappa shape index (κ3) is 2.34. The Morgan fingerprint density at radius 1 is 1.19 bits per heavy atom. The summed E-state index contributed by atoms with van der Waals surface area (Å²) >= 11 is 0. The topological polar surface area (TPSA) is 66.0 Å². The van der Waals surface area contributed by atoms with Crippen LogP contribution in [0, 0.1) is 0 Å². The molecule has 1 saturated heterocycles. The first kappa shape index (κ1) is 12.3. The van der Waals surface area contributed by atoms with Crippen molar-refractivity contribution in [3.05, 3.63) is 48.5 Å². The van der Waals surface area contributed by atoms with Crippen molar-refractivity contribution in [2.45, 2.75) is 12.3 Å². The summed E-state index contributed by atoms with van der Waals surface area (Å²) in [4.78, 5) is 4.46. The Hall–Kier alpha value is -2.47. The lowest BCUT2D eigenvalue weighted by molar-refractivity contribution is 0.192. The first-order chi connectivity index (χ1) is 10.4. The van der Waals surface area contributed by atoms with Crippen molar-refractivity contribution < 1.29 is 9.26 Å². The summed E-state index contributed by atoms with van der Waals surface area (Å²) in [6.07, 6.45) is 4.56. The van der Waals surface area contributed by atoms with Gasteiger partial charge < -0.3 is 9.26 Å². The zero-order valence-corrected chi connectivity index (χ0v) is 11.3. The molecular formula is C15H14N4O2. The highest BCUT2D eigenvalue weighted by Gasteiger charge is 2.23. The number of benzene rings is 1. The first-order valence-corrected chi connectivity index (χ1v) is 6.92. The van der Waals surface area contributed by atoms with E-state index in [9.17, 15) is 0 Å². The fraction of sp³-hybridized carbons (Fsp3) is 0.267. The molecule has 3 heterocycles. The van der Waals surface area contributed by atoms with Gasteiger partial charge in [-0.3, -0.25) is 0 Å². The van der Waals surface area contributed by atoms with Crippen molar-refractivity contribution >= 4 is 0 Å². The number of nitrogens with zero attached hydrogens (tertiary/aromatic N) is 4. The summed E-state index contributed by atoms with van der Waals surface area (Å²) in [5.74, 6) is 1.46. The molecule has 0 amide bonds. The first-order valence-electron chi connectivity index (χ1n) is 6.92. The van der Waals surface area contributed by atoms with Gasteiger partial charge in [-0.1, -0.05) is 23.4 Å². The van der Waals surface area contributed by atoms with Crippen LogP contribution in [0.4, 0.5) is 0 Å². The third-order valence-corrected chi connectivity index (χ3v) is 3.59. The van der Waals surface area contributed by atoms with Crippen molar-refractivity contribution in [2.75, 3.05) is 13.2 Å². The molecule has 0 unspecified atom stereocenters. The number of hydrogen-bond donors (Lipinski definition) is 0. The number of rotatable bonds is 3. The van der Waals surface area contributed by atoms with Gasteiger partial charge in [0, 0.05) is 18.7 Å². The highest BCUT2D eigenvalue weighted by Crippen LogP contribution is 2.25. The molecular weight excluding hydrogens is 268 g/mol. The second kappa shape index (κ2) is 5.14. The molecule has 1 aliphatic rings. The van der Waals surface area contributed by atoms with Gasteiger partial charge in [0.15, 0.2) is 5.82 Å². The molecule has 6 heteroatoms. The summed E-state index contributed by atoms with van der Waals surface area (Å²) in [7, 11) is 0. The molecule has 21 heavy (non-hydrogen) atoms. The summed E-state index contributed by atoms with van der Waals surface area (Å²) in [5, 5.41) is 8.39. The average molecular weight is 282 g/mol. The minimum atomic E-state index is 0.242. The molecule has 106 valence electrons. The SMILES string of the molecule is c1ccc(-n2cc(-c3nc([C@H]4CCOC4)no3)cn2)cc1. The largest absolute Gasteiger partial charge is 0.381 e. The van der Waals surface area contributed by atoms with Crippen LogP contribution in [-0.4, -0.2) is 33.1 Å². The van der Waals surface area contributed by atoms with E-state index in [0.29, 0.717) is 12.5 Å². The fourth-order valence-corrected chi connectivity index (χ4v) is 2.41. The number of hydrogen-bond acceptors (Lipinski definition) is 5. The van der Waals surface area contributed by atoms with E-state index in [0.717, 1.165) is 30.1 Å². The van der Waals surface area contributed by atoms with Crippen LogP contribution in [0.5, 0.6) is 0 Å². The maximum atomic E-state index is 5.35. The molecule has 1 atom stereocenters. The normalized spacial score (nSPS) is 18.2. The van der Waals surface area contributed by atoms with Gasteiger partial charge in [-0.05, 0) is 18.6 Å². The number of ether oxygens (including phenoxy) is 1. The van der Waals surface area contributed by atoms with Crippen LogP contribution >= 0.6 is 0 Å². The second-order valence-electron chi connectivity index (χ2n) is 5.03. The minimum Gasteiger partial charge on any atom is -0.381 e. The number of para-hydroxylation sites is 1. The number of aromatic nitrogens is 4. The highest BCUT2D eigenvalue weighted by molar-refractivity contribution is 5.51. The van der Waals surface area contributed by atoms with Crippen LogP contribution in [0.25, 0.3) is 17.1 Å². The summed E-state index contributed by atoms with van der Waals surface area (Å²) in [5.41, 5.74) is 1.81. The van der Waals surface area contributed by atoms with Gasteiger partial charge in [-0.25, -0.2) is 4.68 Å². The van der Waals surface area contributed by atoms with Crippen molar-refractivity contribution in [1.29, 1.82) is 0 Å². The molecule has 2 aromatic heterocycles. The van der Waals surface area contributed by atoms with Gasteiger partial charge >= 0.3 is 0 Å². The van der Waals surface area contributed by atoms with Crippen LogP contribution in [0.15, 0.2) is 47.2 Å². The molecule has 1 fully saturated rings. The Labute approximate surface area is 121 Å². The van der Waals surface area contributed by atoms with Gasteiger partial charge in [0.25, 0.3) is 5.89 Å². The molecule has 1 aromatic carbocycles. The third-order valence-electron chi connectivity index (χ3n) is 3.59. The summed E-state index contributed by atoms with van der Waals surface area (Å²) in [6, 6.07) is 9.91. The lowest BCUT2D eigenvalue weighted by atomic mass is 10.1. The monoisotopic (exact) mass is 282 g/mol. The van der Waals surface area contributed by atoms with Gasteiger partial charge in [-0.15, -0.1) is 0 Å². The second-order valence-corrected chi connectivity index (χ2v) is 5.03. The summed E-state index contributed by atoms with van der Waals surface area (Å²) in [6.45, 7) is 1.43. The van der Waals surface area contributed by atoms with Crippen LogP contribution in [0.2, 0.25) is 0 Å². The van der Waals surface area contributed by atoms with E-state index in [2.05, 4.69) is 15.2 Å². The Kier molecular flexibility index (Phi) is 3.01. The molecule has 1 aliphatic heterocycles. The van der Waals surface area contributed by atoms with Crippen molar-refractivity contribution in [3.63, 3.8) is 0 Å². The molecule has 0 spiro atoms. The summed E-state index contributed by atoms with van der Waals surface area (Å²) < 4.78 is 12.5. The minimum absolute atomic E-state index is 0.242. The van der Waals surface area contributed by atoms with Crippen molar-refractivity contribution in [3.8, 4) is 17.1 Å².